The van der Waals surface area contributed by atoms with Gasteiger partial charge in [0.25, 0.3) is 0 Å². The highest BCUT2D eigenvalue weighted by Gasteiger charge is 2.35. The summed E-state index contributed by atoms with van der Waals surface area (Å²) in [7, 11) is 0. The van der Waals surface area contributed by atoms with Crippen LogP contribution in [0, 0.1) is 17.2 Å². The molecule has 2 aliphatic rings. The Morgan fingerprint density at radius 1 is 1.31 bits per heavy atom. The van der Waals surface area contributed by atoms with Gasteiger partial charge in [0.15, 0.2) is 5.65 Å². The molecule has 1 unspecified atom stereocenters. The Morgan fingerprint density at radius 3 is 3.07 bits per heavy atom. The predicted molar refractivity (Wildman–Crippen MR) is 109 cm³/mol. The van der Waals surface area contributed by atoms with Crippen LogP contribution in [0.1, 0.15) is 12.8 Å². The van der Waals surface area contributed by atoms with Crippen molar-refractivity contribution < 1.29 is 4.74 Å². The van der Waals surface area contributed by atoms with Gasteiger partial charge in [-0.15, -0.1) is 0 Å². The van der Waals surface area contributed by atoms with E-state index in [4.69, 9.17) is 9.72 Å². The van der Waals surface area contributed by atoms with E-state index < -0.39 is 0 Å². The fraction of sp³-hybridized carbons (Fsp3) is 0.429. The van der Waals surface area contributed by atoms with Crippen LogP contribution < -0.4 is 5.32 Å². The number of H-pyrrole nitrogens is 1. The number of likely N-dealkylation sites (tertiary alicyclic amines) is 1. The van der Waals surface area contributed by atoms with Crippen LogP contribution in [0.15, 0.2) is 36.8 Å². The summed E-state index contributed by atoms with van der Waals surface area (Å²) in [6, 6.07) is 8.50. The van der Waals surface area contributed by atoms with E-state index in [0.717, 1.165) is 54.2 Å². The smallest absolute Gasteiger partial charge is 0.156 e. The van der Waals surface area contributed by atoms with Gasteiger partial charge < -0.3 is 15.0 Å². The van der Waals surface area contributed by atoms with Gasteiger partial charge in [-0.3, -0.25) is 4.90 Å². The number of anilines is 1. The lowest BCUT2D eigenvalue weighted by molar-refractivity contribution is -0.0647. The minimum Gasteiger partial charge on any atom is -0.380 e. The molecular weight excluding hydrogens is 366 g/mol. The summed E-state index contributed by atoms with van der Waals surface area (Å²) in [6.07, 6.45) is 7.51. The molecule has 5 heterocycles. The van der Waals surface area contributed by atoms with Gasteiger partial charge in [0.2, 0.25) is 0 Å². The van der Waals surface area contributed by atoms with Crippen LogP contribution in [0.25, 0.3) is 22.4 Å². The minimum absolute atomic E-state index is 0.0709. The number of hydrogen-bond donors (Lipinski definition) is 2. The third-order valence-corrected chi connectivity index (χ3v) is 5.77. The molecule has 0 aliphatic carbocycles. The van der Waals surface area contributed by atoms with Crippen molar-refractivity contribution in [2.75, 3.05) is 31.6 Å². The average Bonchev–Trinajstić information content (AvgIpc) is 3.19. The fourth-order valence-corrected chi connectivity index (χ4v) is 4.18. The van der Waals surface area contributed by atoms with Crippen molar-refractivity contribution in [2.45, 2.75) is 24.9 Å². The largest absolute Gasteiger partial charge is 0.380 e. The lowest BCUT2D eigenvalue weighted by Gasteiger charge is -2.41. The zero-order valence-electron chi connectivity index (χ0n) is 16.1. The van der Waals surface area contributed by atoms with Gasteiger partial charge >= 0.3 is 0 Å². The minimum atomic E-state index is -0.0709. The highest BCUT2D eigenvalue weighted by molar-refractivity contribution is 5.78. The van der Waals surface area contributed by atoms with Crippen molar-refractivity contribution in [1.82, 2.24) is 24.8 Å². The molecular formula is C21H23N7O. The number of nitrogens with one attached hydrogen (secondary N) is 2. The summed E-state index contributed by atoms with van der Waals surface area (Å²) < 4.78 is 5.30. The van der Waals surface area contributed by atoms with Gasteiger partial charge in [0, 0.05) is 36.5 Å². The molecule has 2 atom stereocenters. The summed E-state index contributed by atoms with van der Waals surface area (Å²) in [5.41, 5.74) is 3.34. The monoisotopic (exact) mass is 389 g/mol. The number of nitrogens with zero attached hydrogens (tertiary/aromatic N) is 5. The molecule has 2 fully saturated rings. The highest BCUT2D eigenvalue weighted by atomic mass is 16.5. The van der Waals surface area contributed by atoms with Crippen LogP contribution in [0.4, 0.5) is 5.82 Å². The molecule has 0 aromatic carbocycles. The Balaban J connectivity index is 1.36. The first-order valence-electron chi connectivity index (χ1n) is 10.1. The zero-order valence-corrected chi connectivity index (χ0v) is 16.1. The number of rotatable bonds is 5. The molecule has 0 saturated carbocycles. The van der Waals surface area contributed by atoms with Crippen LogP contribution in [0.5, 0.6) is 0 Å². The molecule has 8 nitrogen and oxygen atoms in total. The number of piperidine rings is 1. The standard InChI is InChI=1S/C21H23N7O/c22-9-19(14-12-29-13-14)28-8-2-3-15(11-28)26-20-16(4-1-6-23-20)18-10-25-21-17(27-18)5-7-24-21/h1,4-7,10,14-15,19H,2-3,8,11-13H2,(H,23,26)(H,24,25)/t15-,19?/m0/s1. The Labute approximate surface area is 168 Å². The van der Waals surface area contributed by atoms with E-state index in [2.05, 4.69) is 31.2 Å². The van der Waals surface area contributed by atoms with E-state index in [-0.39, 0.29) is 12.1 Å². The quantitative estimate of drug-likeness (QED) is 0.691. The van der Waals surface area contributed by atoms with Crippen molar-refractivity contribution in [3.8, 4) is 17.3 Å². The molecule has 0 amide bonds. The Morgan fingerprint density at radius 2 is 2.24 bits per heavy atom. The summed E-state index contributed by atoms with van der Waals surface area (Å²) in [6.45, 7) is 3.17. The van der Waals surface area contributed by atoms with Gasteiger partial charge in [0.05, 0.1) is 31.2 Å². The van der Waals surface area contributed by atoms with E-state index in [1.54, 1.807) is 12.4 Å². The second kappa shape index (κ2) is 7.78. The molecule has 2 N–H and O–H groups in total. The number of pyridine rings is 1. The van der Waals surface area contributed by atoms with Gasteiger partial charge in [-0.1, -0.05) is 0 Å². The lowest BCUT2D eigenvalue weighted by Crippen LogP contribution is -2.53. The van der Waals surface area contributed by atoms with Crippen LogP contribution in [-0.4, -0.2) is 63.2 Å². The Bertz CT molecular complexity index is 1040. The number of ether oxygens (including phenoxy) is 1. The maximum absolute atomic E-state index is 9.65. The third kappa shape index (κ3) is 3.55. The summed E-state index contributed by atoms with van der Waals surface area (Å²) in [5, 5.41) is 13.3. The Hall–Kier alpha value is -3.02. The normalized spacial score (nSPS) is 21.4. The van der Waals surface area contributed by atoms with E-state index in [1.165, 1.54) is 0 Å². The Kier molecular flexibility index (Phi) is 4.84. The summed E-state index contributed by atoms with van der Waals surface area (Å²) >= 11 is 0. The second-order valence-electron chi connectivity index (χ2n) is 7.72. The molecule has 29 heavy (non-hydrogen) atoms. The van der Waals surface area contributed by atoms with Gasteiger partial charge in [0.1, 0.15) is 17.4 Å². The third-order valence-electron chi connectivity index (χ3n) is 5.77. The average molecular weight is 389 g/mol. The zero-order chi connectivity index (χ0) is 19.6. The second-order valence-corrected chi connectivity index (χ2v) is 7.72. The molecule has 148 valence electrons. The van der Waals surface area contributed by atoms with Crippen LogP contribution >= 0.6 is 0 Å². The van der Waals surface area contributed by atoms with E-state index in [9.17, 15) is 5.26 Å². The van der Waals surface area contributed by atoms with Crippen molar-refractivity contribution in [2.24, 2.45) is 5.92 Å². The fourth-order valence-electron chi connectivity index (χ4n) is 4.18. The highest BCUT2D eigenvalue weighted by Crippen LogP contribution is 2.28. The predicted octanol–water partition coefficient (Wildman–Crippen LogP) is 2.43. The number of fused-ring (bicyclic) bond motifs is 1. The van der Waals surface area contributed by atoms with Gasteiger partial charge in [-0.05, 0) is 37.6 Å². The SMILES string of the molecule is N#CC(C1COC1)N1CCC[C@H](Nc2ncccc2-c2cnc3[nH]ccc3n2)C1. The first-order valence-corrected chi connectivity index (χ1v) is 10.1. The van der Waals surface area contributed by atoms with Gasteiger partial charge in [-0.2, -0.15) is 5.26 Å². The van der Waals surface area contributed by atoms with Crippen molar-refractivity contribution in [3.05, 3.63) is 36.8 Å². The van der Waals surface area contributed by atoms with Gasteiger partial charge in [-0.25, -0.2) is 15.0 Å². The first kappa shape index (κ1) is 18.0. The van der Waals surface area contributed by atoms with E-state index in [0.29, 0.717) is 19.1 Å². The van der Waals surface area contributed by atoms with E-state index >= 15 is 0 Å². The van der Waals surface area contributed by atoms with Crippen molar-refractivity contribution in [1.29, 1.82) is 5.26 Å². The number of nitriles is 1. The molecule has 0 radical (unpaired) electrons. The molecule has 8 heteroatoms. The molecule has 2 aliphatic heterocycles. The number of aromatic amines is 1. The molecule has 2 saturated heterocycles. The molecule has 3 aromatic heterocycles. The maximum Gasteiger partial charge on any atom is 0.156 e. The van der Waals surface area contributed by atoms with Crippen LogP contribution in [-0.2, 0) is 4.74 Å². The molecule has 0 spiro atoms. The van der Waals surface area contributed by atoms with Crippen molar-refractivity contribution >= 4 is 17.0 Å². The summed E-state index contributed by atoms with van der Waals surface area (Å²) in [4.78, 5) is 19.1. The van der Waals surface area contributed by atoms with Crippen LogP contribution in [0.2, 0.25) is 0 Å². The molecule has 0 bridgehead atoms. The summed E-state index contributed by atoms with van der Waals surface area (Å²) in [5.74, 6) is 1.14. The topological polar surface area (TPSA) is 103 Å². The molecule has 5 rings (SSSR count). The lowest BCUT2D eigenvalue weighted by atomic mass is 9.94. The van der Waals surface area contributed by atoms with Crippen molar-refractivity contribution in [3.63, 3.8) is 0 Å². The number of hydrogen-bond acceptors (Lipinski definition) is 7. The maximum atomic E-state index is 9.65. The molecule has 3 aromatic rings. The number of aromatic nitrogens is 4. The van der Waals surface area contributed by atoms with E-state index in [1.807, 2.05) is 24.4 Å². The first-order chi connectivity index (χ1) is 14.3. The van der Waals surface area contributed by atoms with Crippen LogP contribution in [0.3, 0.4) is 0 Å².